The zero-order chi connectivity index (χ0) is 23.1. The highest BCUT2D eigenvalue weighted by Gasteiger charge is 2.27. The molecule has 1 fully saturated rings. The average molecular weight is 447 g/mol. The Morgan fingerprint density at radius 3 is 2.38 bits per heavy atom. The number of rotatable bonds is 5. The van der Waals surface area contributed by atoms with Gasteiger partial charge in [0.05, 0.1) is 0 Å². The van der Waals surface area contributed by atoms with E-state index in [9.17, 15) is 0 Å². The first-order chi connectivity index (χ1) is 16.7. The number of allylic oxidation sites excluding steroid dienone is 8. The lowest BCUT2D eigenvalue weighted by molar-refractivity contribution is 0.259. The number of hydrogen-bond donors (Lipinski definition) is 0. The van der Waals surface area contributed by atoms with Crippen LogP contribution in [0.15, 0.2) is 84.0 Å². The standard InChI is InChI=1S/C34H38/c1-23(2)25-13-15-28(16-14-25)27-11-9-24(10-12-27)21-30-19-20-33(34-8-4-7-32(30)34)31-18-17-26-5-3-6-29(26)22-31/h4,7-12,17-20,22-23,25,28,34H,3,5-6,13-16,21H2,1-2H3. The molecule has 0 heteroatoms. The Labute approximate surface area is 206 Å². The predicted molar refractivity (Wildman–Crippen MR) is 145 cm³/mol. The molecule has 0 radical (unpaired) electrons. The van der Waals surface area contributed by atoms with Crippen molar-refractivity contribution in [2.45, 2.75) is 71.1 Å². The molecule has 2 aromatic rings. The average Bonchev–Trinajstić information content (AvgIpc) is 3.54. The monoisotopic (exact) mass is 446 g/mol. The van der Waals surface area contributed by atoms with Gasteiger partial charge in [0, 0.05) is 5.92 Å². The van der Waals surface area contributed by atoms with Crippen LogP contribution in [0.2, 0.25) is 0 Å². The molecule has 0 aromatic heterocycles. The fourth-order valence-corrected chi connectivity index (χ4v) is 6.88. The first-order valence-electron chi connectivity index (χ1n) is 13.7. The van der Waals surface area contributed by atoms with Gasteiger partial charge in [-0.3, -0.25) is 0 Å². The molecule has 0 amide bonds. The van der Waals surface area contributed by atoms with Gasteiger partial charge in [0.15, 0.2) is 0 Å². The van der Waals surface area contributed by atoms with E-state index in [1.807, 2.05) is 0 Å². The highest BCUT2D eigenvalue weighted by atomic mass is 14.3. The molecule has 0 N–H and O–H groups in total. The molecule has 0 aliphatic heterocycles. The van der Waals surface area contributed by atoms with Crippen LogP contribution in [0.3, 0.4) is 0 Å². The van der Waals surface area contributed by atoms with Crippen molar-refractivity contribution in [3.63, 3.8) is 0 Å². The van der Waals surface area contributed by atoms with Crippen molar-refractivity contribution < 1.29 is 0 Å². The summed E-state index contributed by atoms with van der Waals surface area (Å²) in [6.45, 7) is 4.78. The lowest BCUT2D eigenvalue weighted by atomic mass is 9.74. The summed E-state index contributed by atoms with van der Waals surface area (Å²) >= 11 is 0. The largest absolute Gasteiger partial charge is 0.0726 e. The Balaban J connectivity index is 1.18. The van der Waals surface area contributed by atoms with Gasteiger partial charge in [-0.15, -0.1) is 0 Å². The molecule has 1 atom stereocenters. The van der Waals surface area contributed by atoms with E-state index in [0.717, 1.165) is 24.2 Å². The van der Waals surface area contributed by atoms with Gasteiger partial charge < -0.3 is 0 Å². The van der Waals surface area contributed by atoms with E-state index in [1.165, 1.54) is 72.8 Å². The van der Waals surface area contributed by atoms with Crippen LogP contribution < -0.4 is 0 Å². The molecule has 0 bridgehead atoms. The van der Waals surface area contributed by atoms with Crippen molar-refractivity contribution >= 4 is 5.57 Å². The predicted octanol–water partition coefficient (Wildman–Crippen LogP) is 8.78. The molecule has 2 aromatic carbocycles. The maximum atomic E-state index is 2.46. The van der Waals surface area contributed by atoms with Crippen molar-refractivity contribution in [3.8, 4) is 0 Å². The lowest BCUT2D eigenvalue weighted by Crippen LogP contribution is -2.17. The van der Waals surface area contributed by atoms with Crippen molar-refractivity contribution in [3.05, 3.63) is 112 Å². The fourth-order valence-electron chi connectivity index (χ4n) is 6.88. The summed E-state index contributed by atoms with van der Waals surface area (Å²) in [7, 11) is 0. The number of benzene rings is 2. The Bertz CT molecular complexity index is 1170. The van der Waals surface area contributed by atoms with Crippen molar-refractivity contribution in [2.75, 3.05) is 0 Å². The molecule has 0 nitrogen and oxygen atoms in total. The third-order valence-corrected chi connectivity index (χ3v) is 9.08. The Hall–Kier alpha value is -2.60. The normalized spacial score (nSPS) is 25.6. The van der Waals surface area contributed by atoms with Crippen LogP contribution in [0.4, 0.5) is 0 Å². The van der Waals surface area contributed by atoms with Crippen molar-refractivity contribution in [1.29, 1.82) is 0 Å². The van der Waals surface area contributed by atoms with E-state index in [1.54, 1.807) is 16.7 Å². The zero-order valence-corrected chi connectivity index (χ0v) is 20.9. The van der Waals surface area contributed by atoms with Gasteiger partial charge in [0.1, 0.15) is 0 Å². The van der Waals surface area contributed by atoms with E-state index < -0.39 is 0 Å². The maximum Gasteiger partial charge on any atom is 0.0281 e. The molecule has 4 aliphatic carbocycles. The molecule has 4 aliphatic rings. The molecule has 1 unspecified atom stereocenters. The molecule has 0 spiro atoms. The molecular weight excluding hydrogens is 408 g/mol. The minimum atomic E-state index is 0.412. The summed E-state index contributed by atoms with van der Waals surface area (Å²) in [4.78, 5) is 0. The summed E-state index contributed by atoms with van der Waals surface area (Å²) in [5.74, 6) is 2.95. The second-order valence-corrected chi connectivity index (χ2v) is 11.4. The fraction of sp³-hybridized carbons (Fsp3) is 0.412. The van der Waals surface area contributed by atoms with E-state index in [2.05, 4.69) is 86.7 Å². The summed E-state index contributed by atoms with van der Waals surface area (Å²) in [5, 5.41) is 0. The molecule has 6 rings (SSSR count). The highest BCUT2D eigenvalue weighted by Crippen LogP contribution is 2.43. The van der Waals surface area contributed by atoms with Crippen LogP contribution in [0, 0.1) is 17.8 Å². The van der Waals surface area contributed by atoms with Crippen LogP contribution in [0.1, 0.15) is 79.7 Å². The van der Waals surface area contributed by atoms with E-state index in [0.29, 0.717) is 5.92 Å². The topological polar surface area (TPSA) is 0 Å². The van der Waals surface area contributed by atoms with Crippen molar-refractivity contribution in [2.24, 2.45) is 17.8 Å². The first-order valence-corrected chi connectivity index (χ1v) is 13.7. The quantitative estimate of drug-likeness (QED) is 0.430. The van der Waals surface area contributed by atoms with Crippen LogP contribution in [0.25, 0.3) is 5.57 Å². The summed E-state index contributed by atoms with van der Waals surface area (Å²) in [6, 6.07) is 16.8. The number of fused-ring (bicyclic) bond motifs is 2. The van der Waals surface area contributed by atoms with Crippen LogP contribution in [-0.2, 0) is 19.3 Å². The zero-order valence-electron chi connectivity index (χ0n) is 20.9. The van der Waals surface area contributed by atoms with Gasteiger partial charge in [-0.25, -0.2) is 0 Å². The van der Waals surface area contributed by atoms with Gasteiger partial charge >= 0.3 is 0 Å². The minimum absolute atomic E-state index is 0.412. The molecule has 0 heterocycles. The van der Waals surface area contributed by atoms with Gasteiger partial charge in [0.2, 0.25) is 0 Å². The summed E-state index contributed by atoms with van der Waals surface area (Å²) < 4.78 is 0. The molecule has 174 valence electrons. The van der Waals surface area contributed by atoms with Crippen LogP contribution >= 0.6 is 0 Å². The lowest BCUT2D eigenvalue weighted by Gasteiger charge is -2.31. The SMILES string of the molecule is CC(C)C1CCC(c2ccc(CC3=CC=C(c4ccc5c(c4)CCC5)C4C=CC=C34)cc2)CC1. The maximum absolute atomic E-state index is 2.46. The van der Waals surface area contributed by atoms with Crippen LogP contribution in [-0.4, -0.2) is 0 Å². The van der Waals surface area contributed by atoms with E-state index >= 15 is 0 Å². The summed E-state index contributed by atoms with van der Waals surface area (Å²) in [6.07, 6.45) is 22.1. The second kappa shape index (κ2) is 9.21. The van der Waals surface area contributed by atoms with Crippen molar-refractivity contribution in [1.82, 2.24) is 0 Å². The molecule has 34 heavy (non-hydrogen) atoms. The molecule has 0 saturated heterocycles. The molecular formula is C34H38. The van der Waals surface area contributed by atoms with E-state index in [-0.39, 0.29) is 0 Å². The highest BCUT2D eigenvalue weighted by molar-refractivity contribution is 5.79. The Morgan fingerprint density at radius 1 is 0.794 bits per heavy atom. The first kappa shape index (κ1) is 21.9. The second-order valence-electron chi connectivity index (χ2n) is 11.4. The Morgan fingerprint density at radius 2 is 1.59 bits per heavy atom. The van der Waals surface area contributed by atoms with Gasteiger partial charge in [-0.1, -0.05) is 86.7 Å². The minimum Gasteiger partial charge on any atom is -0.0726 e. The van der Waals surface area contributed by atoms with Gasteiger partial charge in [-0.05, 0) is 114 Å². The van der Waals surface area contributed by atoms with Gasteiger partial charge in [0.25, 0.3) is 0 Å². The van der Waals surface area contributed by atoms with E-state index in [4.69, 9.17) is 0 Å². The number of hydrogen-bond acceptors (Lipinski definition) is 0. The third kappa shape index (κ3) is 4.17. The van der Waals surface area contributed by atoms with Crippen LogP contribution in [0.5, 0.6) is 0 Å². The smallest absolute Gasteiger partial charge is 0.0281 e. The number of aryl methyl sites for hydroxylation is 2. The molecule has 1 saturated carbocycles. The van der Waals surface area contributed by atoms with Gasteiger partial charge in [-0.2, -0.15) is 0 Å². The Kier molecular flexibility index (Phi) is 5.94. The summed E-state index contributed by atoms with van der Waals surface area (Å²) in [5.41, 5.74) is 12.0. The third-order valence-electron chi connectivity index (χ3n) is 9.08.